The second-order valence-electron chi connectivity index (χ2n) is 2.77. The van der Waals surface area contributed by atoms with Crippen LogP contribution in [-0.2, 0) is 0 Å². The second-order valence-corrected chi connectivity index (χ2v) is 2.77. The van der Waals surface area contributed by atoms with Gasteiger partial charge in [-0.05, 0) is 19.1 Å². The summed E-state index contributed by atoms with van der Waals surface area (Å²) >= 11 is 0. The number of nitrogens with two attached hydrogens (primary N) is 1. The van der Waals surface area contributed by atoms with Crippen molar-refractivity contribution in [1.29, 1.82) is 0 Å². The van der Waals surface area contributed by atoms with E-state index in [1.807, 2.05) is 19.1 Å². The van der Waals surface area contributed by atoms with Gasteiger partial charge in [0.2, 0.25) is 0 Å². The van der Waals surface area contributed by atoms with E-state index < -0.39 is 0 Å². The van der Waals surface area contributed by atoms with Gasteiger partial charge in [0.25, 0.3) is 0 Å². The Balaban J connectivity index is 2.70. The molecule has 2 N–H and O–H groups in total. The first kappa shape index (κ1) is 7.24. The summed E-state index contributed by atoms with van der Waals surface area (Å²) in [5.74, 6) is 0.797. The van der Waals surface area contributed by atoms with Crippen LogP contribution in [0.4, 0.5) is 0 Å². The fourth-order valence-corrected chi connectivity index (χ4v) is 1.17. The minimum atomic E-state index is -0.0811. The van der Waals surface area contributed by atoms with Crippen molar-refractivity contribution >= 4 is 5.52 Å². The van der Waals surface area contributed by atoms with Crippen molar-refractivity contribution in [3.05, 3.63) is 30.4 Å². The Morgan fingerprint density at radius 1 is 1.58 bits per heavy atom. The van der Waals surface area contributed by atoms with Gasteiger partial charge in [-0.1, -0.05) is 0 Å². The standard InChI is InChI=1S/C8H10N4/c1-6(9)8-10-5-7-3-2-4-11-12(7)8/h2-6H,9H2,1H3. The normalized spacial score (nSPS) is 13.5. The molecular weight excluding hydrogens is 152 g/mol. The molecule has 0 aliphatic rings. The third-order valence-corrected chi connectivity index (χ3v) is 1.73. The van der Waals surface area contributed by atoms with E-state index in [4.69, 9.17) is 5.73 Å². The molecular formula is C8H10N4. The Bertz CT molecular complexity index is 391. The van der Waals surface area contributed by atoms with Crippen LogP contribution in [0.2, 0.25) is 0 Å². The number of hydrogen-bond donors (Lipinski definition) is 1. The lowest BCUT2D eigenvalue weighted by Gasteiger charge is -2.01. The molecule has 4 nitrogen and oxygen atoms in total. The quantitative estimate of drug-likeness (QED) is 0.673. The van der Waals surface area contributed by atoms with Gasteiger partial charge in [0.05, 0.1) is 17.8 Å². The second kappa shape index (κ2) is 2.57. The van der Waals surface area contributed by atoms with E-state index >= 15 is 0 Å². The van der Waals surface area contributed by atoms with Gasteiger partial charge in [0.15, 0.2) is 0 Å². The van der Waals surface area contributed by atoms with Gasteiger partial charge in [-0.3, -0.25) is 0 Å². The number of fused-ring (bicyclic) bond motifs is 1. The Morgan fingerprint density at radius 3 is 3.17 bits per heavy atom. The van der Waals surface area contributed by atoms with Crippen molar-refractivity contribution in [3.63, 3.8) is 0 Å². The molecule has 0 saturated heterocycles. The molecule has 0 fully saturated rings. The zero-order chi connectivity index (χ0) is 8.55. The zero-order valence-electron chi connectivity index (χ0n) is 6.81. The smallest absolute Gasteiger partial charge is 0.146 e. The maximum absolute atomic E-state index is 5.70. The number of aromatic nitrogens is 3. The van der Waals surface area contributed by atoms with E-state index in [1.54, 1.807) is 16.9 Å². The number of hydrogen-bond acceptors (Lipinski definition) is 3. The highest BCUT2D eigenvalue weighted by atomic mass is 15.3. The summed E-state index contributed by atoms with van der Waals surface area (Å²) in [5.41, 5.74) is 6.68. The summed E-state index contributed by atoms with van der Waals surface area (Å²) in [6, 6.07) is 3.75. The van der Waals surface area contributed by atoms with Crippen LogP contribution in [0.5, 0.6) is 0 Å². The molecule has 1 unspecified atom stereocenters. The van der Waals surface area contributed by atoms with Crippen LogP contribution in [0.25, 0.3) is 5.52 Å². The highest BCUT2D eigenvalue weighted by molar-refractivity contribution is 5.43. The summed E-state index contributed by atoms with van der Waals surface area (Å²) in [7, 11) is 0. The van der Waals surface area contributed by atoms with Crippen LogP contribution >= 0.6 is 0 Å². The number of nitrogens with zero attached hydrogens (tertiary/aromatic N) is 3. The highest BCUT2D eigenvalue weighted by Crippen LogP contribution is 2.09. The first-order valence-electron chi connectivity index (χ1n) is 3.83. The Morgan fingerprint density at radius 2 is 2.42 bits per heavy atom. The van der Waals surface area contributed by atoms with Gasteiger partial charge in [-0.2, -0.15) is 5.10 Å². The van der Waals surface area contributed by atoms with Crippen LogP contribution in [-0.4, -0.2) is 14.6 Å². The molecule has 2 aromatic rings. The van der Waals surface area contributed by atoms with Crippen LogP contribution < -0.4 is 5.73 Å². The predicted molar refractivity (Wildman–Crippen MR) is 45.6 cm³/mol. The summed E-state index contributed by atoms with van der Waals surface area (Å²) in [4.78, 5) is 4.17. The molecule has 1 atom stereocenters. The molecule has 0 bridgehead atoms. The summed E-state index contributed by atoms with van der Waals surface area (Å²) < 4.78 is 1.75. The fourth-order valence-electron chi connectivity index (χ4n) is 1.17. The largest absolute Gasteiger partial charge is 0.322 e. The molecule has 0 aromatic carbocycles. The van der Waals surface area contributed by atoms with Gasteiger partial charge < -0.3 is 5.73 Å². The van der Waals surface area contributed by atoms with Crippen molar-refractivity contribution < 1.29 is 0 Å². The van der Waals surface area contributed by atoms with E-state index in [9.17, 15) is 0 Å². The van der Waals surface area contributed by atoms with Gasteiger partial charge in [0, 0.05) is 6.20 Å². The van der Waals surface area contributed by atoms with Crippen molar-refractivity contribution in [1.82, 2.24) is 14.6 Å². The predicted octanol–water partition coefficient (Wildman–Crippen LogP) is 0.749. The molecule has 0 saturated carbocycles. The molecule has 4 heteroatoms. The Labute approximate surface area is 70.0 Å². The molecule has 0 spiro atoms. The first-order valence-corrected chi connectivity index (χ1v) is 3.83. The third kappa shape index (κ3) is 0.967. The van der Waals surface area contributed by atoms with Crippen LogP contribution in [0.3, 0.4) is 0 Å². The minimum absolute atomic E-state index is 0.0811. The summed E-state index contributed by atoms with van der Waals surface area (Å²) in [6.07, 6.45) is 3.49. The molecule has 2 aromatic heterocycles. The van der Waals surface area contributed by atoms with Crippen molar-refractivity contribution in [2.45, 2.75) is 13.0 Å². The fraction of sp³-hybridized carbons (Fsp3) is 0.250. The molecule has 0 amide bonds. The maximum atomic E-state index is 5.70. The van der Waals surface area contributed by atoms with E-state index in [2.05, 4.69) is 10.1 Å². The monoisotopic (exact) mass is 162 g/mol. The van der Waals surface area contributed by atoms with Crippen molar-refractivity contribution in [3.8, 4) is 0 Å². The molecule has 2 rings (SSSR count). The molecule has 0 radical (unpaired) electrons. The summed E-state index contributed by atoms with van der Waals surface area (Å²) in [6.45, 7) is 1.89. The Kier molecular flexibility index (Phi) is 1.55. The van der Waals surface area contributed by atoms with Gasteiger partial charge in [-0.25, -0.2) is 9.50 Å². The minimum Gasteiger partial charge on any atom is -0.322 e. The van der Waals surface area contributed by atoms with E-state index in [1.165, 1.54) is 0 Å². The molecule has 0 aliphatic carbocycles. The van der Waals surface area contributed by atoms with Crippen LogP contribution in [0, 0.1) is 0 Å². The van der Waals surface area contributed by atoms with Gasteiger partial charge in [-0.15, -0.1) is 0 Å². The molecule has 62 valence electrons. The molecule has 0 aliphatic heterocycles. The Hall–Kier alpha value is -1.42. The number of rotatable bonds is 1. The summed E-state index contributed by atoms with van der Waals surface area (Å²) in [5, 5.41) is 4.14. The maximum Gasteiger partial charge on any atom is 0.146 e. The lowest BCUT2D eigenvalue weighted by atomic mass is 10.3. The molecule has 12 heavy (non-hydrogen) atoms. The van der Waals surface area contributed by atoms with Crippen molar-refractivity contribution in [2.75, 3.05) is 0 Å². The molecule has 2 heterocycles. The third-order valence-electron chi connectivity index (χ3n) is 1.73. The highest BCUT2D eigenvalue weighted by Gasteiger charge is 2.06. The van der Waals surface area contributed by atoms with E-state index in [0.29, 0.717) is 0 Å². The lowest BCUT2D eigenvalue weighted by molar-refractivity contribution is 0.700. The van der Waals surface area contributed by atoms with E-state index in [0.717, 1.165) is 11.3 Å². The van der Waals surface area contributed by atoms with Crippen molar-refractivity contribution in [2.24, 2.45) is 5.73 Å². The zero-order valence-corrected chi connectivity index (χ0v) is 6.81. The number of imidazole rings is 1. The lowest BCUT2D eigenvalue weighted by Crippen LogP contribution is -2.10. The van der Waals surface area contributed by atoms with Gasteiger partial charge in [0.1, 0.15) is 5.82 Å². The van der Waals surface area contributed by atoms with Gasteiger partial charge >= 0.3 is 0 Å². The van der Waals surface area contributed by atoms with Crippen LogP contribution in [0.1, 0.15) is 18.8 Å². The average molecular weight is 162 g/mol. The topological polar surface area (TPSA) is 56.2 Å². The van der Waals surface area contributed by atoms with E-state index in [-0.39, 0.29) is 6.04 Å². The first-order chi connectivity index (χ1) is 5.79. The average Bonchev–Trinajstić information content (AvgIpc) is 2.47. The SMILES string of the molecule is CC(N)c1ncc2cccnn12. The van der Waals surface area contributed by atoms with Crippen LogP contribution in [0.15, 0.2) is 24.5 Å².